The fourth-order valence-electron chi connectivity index (χ4n) is 3.87. The lowest BCUT2D eigenvalue weighted by Gasteiger charge is -2.45. The van der Waals surface area contributed by atoms with Crippen LogP contribution in [-0.4, -0.2) is 24.7 Å². The number of aryl methyl sites for hydroxylation is 1. The van der Waals surface area contributed by atoms with Crippen molar-refractivity contribution in [2.24, 2.45) is 5.10 Å². The highest BCUT2D eigenvalue weighted by atomic mass is 16.2. The van der Waals surface area contributed by atoms with E-state index in [0.29, 0.717) is 12.3 Å². The fraction of sp³-hybridized carbons (Fsp3) is 0.391. The molecule has 0 saturated carbocycles. The van der Waals surface area contributed by atoms with E-state index in [-0.39, 0.29) is 11.4 Å². The van der Waals surface area contributed by atoms with Crippen LogP contribution in [-0.2, 0) is 11.2 Å². The van der Waals surface area contributed by atoms with Gasteiger partial charge in [0.05, 0.1) is 12.6 Å². The summed E-state index contributed by atoms with van der Waals surface area (Å²) < 4.78 is 0. The normalized spacial score (nSPS) is 18.4. The maximum absolute atomic E-state index is 12.1. The smallest absolute Gasteiger partial charge is 0.244 e. The van der Waals surface area contributed by atoms with E-state index < -0.39 is 0 Å². The van der Waals surface area contributed by atoms with Crippen molar-refractivity contribution >= 4 is 17.8 Å². The number of rotatable bonds is 4. The minimum Gasteiger partial charge on any atom is -0.369 e. The van der Waals surface area contributed by atoms with Crippen LogP contribution in [0.15, 0.2) is 47.6 Å². The van der Waals surface area contributed by atoms with Crippen LogP contribution in [0.4, 0.5) is 5.69 Å². The summed E-state index contributed by atoms with van der Waals surface area (Å²) in [6.07, 6.45) is 3.20. The van der Waals surface area contributed by atoms with Crippen molar-refractivity contribution in [2.75, 3.05) is 11.9 Å². The van der Waals surface area contributed by atoms with Crippen molar-refractivity contribution in [3.05, 3.63) is 64.7 Å². The van der Waals surface area contributed by atoms with Gasteiger partial charge in [-0.15, -0.1) is 0 Å². The van der Waals surface area contributed by atoms with Gasteiger partial charge >= 0.3 is 0 Å². The highest BCUT2D eigenvalue weighted by Crippen LogP contribution is 2.43. The molecular weight excluding hydrogens is 334 g/mol. The van der Waals surface area contributed by atoms with E-state index in [4.69, 9.17) is 0 Å². The molecule has 1 N–H and O–H groups in total. The first-order valence-corrected chi connectivity index (χ1v) is 9.52. The van der Waals surface area contributed by atoms with Gasteiger partial charge in [-0.2, -0.15) is 5.10 Å². The highest BCUT2D eigenvalue weighted by Gasteiger charge is 2.34. The van der Waals surface area contributed by atoms with E-state index in [0.717, 1.165) is 23.1 Å². The van der Waals surface area contributed by atoms with Crippen molar-refractivity contribution in [1.82, 2.24) is 5.43 Å². The second-order valence-corrected chi connectivity index (χ2v) is 8.20. The van der Waals surface area contributed by atoms with E-state index in [9.17, 15) is 4.79 Å². The molecule has 1 heterocycles. The topological polar surface area (TPSA) is 44.7 Å². The molecule has 27 heavy (non-hydrogen) atoms. The number of hydrazone groups is 1. The predicted octanol–water partition coefficient (Wildman–Crippen LogP) is 4.41. The molecule has 0 saturated heterocycles. The number of nitrogens with zero attached hydrogens (tertiary/aromatic N) is 2. The van der Waals surface area contributed by atoms with E-state index in [1.54, 1.807) is 6.21 Å². The lowest BCUT2D eigenvalue weighted by molar-refractivity contribution is -0.120. The minimum atomic E-state index is -0.108. The Balaban J connectivity index is 1.73. The SMILES string of the molecule is Cc1cc2c(cc1/C=N/NC(=O)Cc1ccccc1)C(C)CC(C)(C)N2C. The lowest BCUT2D eigenvalue weighted by Crippen LogP contribution is -2.45. The zero-order valence-corrected chi connectivity index (χ0v) is 16.9. The molecule has 1 aliphatic heterocycles. The summed E-state index contributed by atoms with van der Waals surface area (Å²) in [5.41, 5.74) is 8.62. The Morgan fingerprint density at radius 2 is 2.00 bits per heavy atom. The van der Waals surface area contributed by atoms with E-state index >= 15 is 0 Å². The van der Waals surface area contributed by atoms with Crippen molar-refractivity contribution in [2.45, 2.75) is 52.0 Å². The summed E-state index contributed by atoms with van der Waals surface area (Å²) in [4.78, 5) is 14.4. The van der Waals surface area contributed by atoms with Crippen molar-refractivity contribution in [3.63, 3.8) is 0 Å². The van der Waals surface area contributed by atoms with Gasteiger partial charge in [0.2, 0.25) is 5.91 Å². The summed E-state index contributed by atoms with van der Waals surface area (Å²) in [5, 5.41) is 4.18. The van der Waals surface area contributed by atoms with E-state index in [1.807, 2.05) is 30.3 Å². The van der Waals surface area contributed by atoms with E-state index in [1.165, 1.54) is 11.3 Å². The van der Waals surface area contributed by atoms with Crippen LogP contribution < -0.4 is 10.3 Å². The fourth-order valence-corrected chi connectivity index (χ4v) is 3.87. The molecule has 0 radical (unpaired) electrons. The van der Waals surface area contributed by atoms with Gasteiger partial charge < -0.3 is 4.90 Å². The second kappa shape index (κ2) is 7.55. The number of fused-ring (bicyclic) bond motifs is 1. The molecule has 1 atom stereocenters. The Labute approximate surface area is 162 Å². The predicted molar refractivity (Wildman–Crippen MR) is 113 cm³/mol. The van der Waals surface area contributed by atoms with Crippen LogP contribution in [0, 0.1) is 6.92 Å². The molecule has 142 valence electrons. The number of amides is 1. The van der Waals surface area contributed by atoms with Gasteiger partial charge in [-0.25, -0.2) is 5.43 Å². The molecule has 1 unspecified atom stereocenters. The number of carbonyl (C=O) groups excluding carboxylic acids is 1. The first kappa shape index (κ1) is 19.2. The molecule has 3 rings (SSSR count). The zero-order valence-electron chi connectivity index (χ0n) is 16.9. The Bertz CT molecular complexity index is 855. The third kappa shape index (κ3) is 4.21. The Morgan fingerprint density at radius 3 is 2.70 bits per heavy atom. The quantitative estimate of drug-likeness (QED) is 0.646. The number of nitrogens with one attached hydrogen (secondary N) is 1. The third-order valence-electron chi connectivity index (χ3n) is 5.62. The summed E-state index contributed by atoms with van der Waals surface area (Å²) in [7, 11) is 2.17. The molecular formula is C23H29N3O. The van der Waals surface area contributed by atoms with Gasteiger partial charge in [-0.1, -0.05) is 37.3 Å². The minimum absolute atomic E-state index is 0.108. The Kier molecular flexibility index (Phi) is 5.36. The van der Waals surface area contributed by atoms with Crippen LogP contribution in [0.5, 0.6) is 0 Å². The molecule has 0 spiro atoms. The lowest BCUT2D eigenvalue weighted by atomic mass is 9.79. The highest BCUT2D eigenvalue weighted by molar-refractivity contribution is 5.86. The molecule has 1 aliphatic rings. The molecule has 4 nitrogen and oxygen atoms in total. The van der Waals surface area contributed by atoms with Crippen LogP contribution in [0.1, 0.15) is 55.4 Å². The number of carbonyl (C=O) groups is 1. The van der Waals surface area contributed by atoms with Crippen molar-refractivity contribution in [1.29, 1.82) is 0 Å². The summed E-state index contributed by atoms with van der Waals surface area (Å²) in [6.45, 7) is 8.96. The molecule has 2 aromatic rings. The first-order valence-electron chi connectivity index (χ1n) is 9.52. The standard InChI is InChI=1S/C23H29N3O/c1-16-11-21-20(17(2)14-23(3,4)26(21)5)13-19(16)15-24-25-22(27)12-18-9-7-6-8-10-18/h6-11,13,15,17H,12,14H2,1-5H3,(H,25,27)/b24-15+. The Hall–Kier alpha value is -2.62. The van der Waals surface area contributed by atoms with Crippen LogP contribution in [0.2, 0.25) is 0 Å². The van der Waals surface area contributed by atoms with Crippen LogP contribution in [0.25, 0.3) is 0 Å². The number of hydrogen-bond donors (Lipinski definition) is 1. The first-order chi connectivity index (χ1) is 12.8. The number of benzene rings is 2. The second-order valence-electron chi connectivity index (χ2n) is 8.20. The molecule has 1 amide bonds. The molecule has 4 heteroatoms. The summed E-state index contributed by atoms with van der Waals surface area (Å²) >= 11 is 0. The molecule has 0 fully saturated rings. The van der Waals surface area contributed by atoms with Crippen LogP contribution >= 0.6 is 0 Å². The van der Waals surface area contributed by atoms with Gasteiger partial charge in [0.25, 0.3) is 0 Å². The van der Waals surface area contributed by atoms with Gasteiger partial charge in [0.15, 0.2) is 0 Å². The third-order valence-corrected chi connectivity index (χ3v) is 5.62. The van der Waals surface area contributed by atoms with Gasteiger partial charge in [-0.3, -0.25) is 4.79 Å². The average Bonchev–Trinajstić information content (AvgIpc) is 2.61. The van der Waals surface area contributed by atoms with Gasteiger partial charge in [0.1, 0.15) is 0 Å². The van der Waals surface area contributed by atoms with Crippen molar-refractivity contribution in [3.8, 4) is 0 Å². The summed E-state index contributed by atoms with van der Waals surface area (Å²) in [5.74, 6) is 0.384. The molecule has 0 bridgehead atoms. The maximum atomic E-state index is 12.1. The van der Waals surface area contributed by atoms with Gasteiger partial charge in [-0.05, 0) is 67.5 Å². The molecule has 0 aliphatic carbocycles. The average molecular weight is 364 g/mol. The number of hydrogen-bond acceptors (Lipinski definition) is 3. The number of anilines is 1. The largest absolute Gasteiger partial charge is 0.369 e. The zero-order chi connectivity index (χ0) is 19.6. The monoisotopic (exact) mass is 363 g/mol. The van der Waals surface area contributed by atoms with Crippen molar-refractivity contribution < 1.29 is 4.79 Å². The molecule has 2 aromatic carbocycles. The maximum Gasteiger partial charge on any atom is 0.244 e. The van der Waals surface area contributed by atoms with E-state index in [2.05, 4.69) is 62.3 Å². The Morgan fingerprint density at radius 1 is 1.30 bits per heavy atom. The van der Waals surface area contributed by atoms with Crippen LogP contribution in [0.3, 0.4) is 0 Å². The molecule has 0 aromatic heterocycles. The van der Waals surface area contributed by atoms with Gasteiger partial charge in [0, 0.05) is 18.3 Å². The summed E-state index contributed by atoms with van der Waals surface area (Å²) in [6, 6.07) is 14.1.